The molecule has 3 heteroatoms. The Hall–Kier alpha value is -0.700. The molecule has 1 rings (SSSR count). The third kappa shape index (κ3) is 2.15. The van der Waals surface area contributed by atoms with Gasteiger partial charge in [0.15, 0.2) is 0 Å². The molecule has 13 heavy (non-hydrogen) atoms. The van der Waals surface area contributed by atoms with E-state index >= 15 is 0 Å². The van der Waals surface area contributed by atoms with Crippen molar-refractivity contribution in [3.63, 3.8) is 0 Å². The highest BCUT2D eigenvalue weighted by molar-refractivity contribution is 9.10. The molecule has 1 aromatic carbocycles. The highest BCUT2D eigenvalue weighted by atomic mass is 79.9. The lowest BCUT2D eigenvalue weighted by Gasteiger charge is -2.11. The highest BCUT2D eigenvalue weighted by Gasteiger charge is 2.11. The van der Waals surface area contributed by atoms with E-state index in [2.05, 4.69) is 15.9 Å². The van der Waals surface area contributed by atoms with Crippen molar-refractivity contribution in [3.8, 4) is 11.5 Å². The van der Waals surface area contributed by atoms with E-state index in [1.165, 1.54) is 0 Å². The summed E-state index contributed by atoms with van der Waals surface area (Å²) in [5.74, 6) is 1.34. The molecule has 0 heterocycles. The predicted molar refractivity (Wildman–Crippen MR) is 56.4 cm³/mol. The van der Waals surface area contributed by atoms with Crippen molar-refractivity contribution >= 4 is 15.9 Å². The second kappa shape index (κ2) is 4.01. The Morgan fingerprint density at radius 1 is 1.38 bits per heavy atom. The smallest absolute Gasteiger partial charge is 0.133 e. The first-order valence-electron chi connectivity index (χ1n) is 4.12. The minimum atomic E-state index is 0.284. The standard InChI is InChI=1S/C10H13BrO2/c1-6(2)8-4-7(13-3)5-9(11)10(8)12/h4-6,12H,1-3H3. The van der Waals surface area contributed by atoms with E-state index in [0.29, 0.717) is 10.2 Å². The molecule has 0 saturated heterocycles. The second-order valence-electron chi connectivity index (χ2n) is 3.20. The molecule has 0 amide bonds. The van der Waals surface area contributed by atoms with Gasteiger partial charge in [-0.1, -0.05) is 13.8 Å². The highest BCUT2D eigenvalue weighted by Crippen LogP contribution is 2.36. The van der Waals surface area contributed by atoms with Crippen molar-refractivity contribution in [2.45, 2.75) is 19.8 Å². The van der Waals surface area contributed by atoms with Gasteiger partial charge in [-0.25, -0.2) is 0 Å². The number of rotatable bonds is 2. The van der Waals surface area contributed by atoms with Crippen molar-refractivity contribution in [2.75, 3.05) is 7.11 Å². The van der Waals surface area contributed by atoms with Crippen LogP contribution >= 0.6 is 15.9 Å². The van der Waals surface area contributed by atoms with Crippen molar-refractivity contribution in [1.29, 1.82) is 0 Å². The van der Waals surface area contributed by atoms with Crippen LogP contribution in [0.15, 0.2) is 16.6 Å². The van der Waals surface area contributed by atoms with E-state index in [1.54, 1.807) is 13.2 Å². The summed E-state index contributed by atoms with van der Waals surface area (Å²) < 4.78 is 5.78. The number of hydrogen-bond donors (Lipinski definition) is 1. The zero-order valence-electron chi connectivity index (χ0n) is 7.97. The van der Waals surface area contributed by atoms with Gasteiger partial charge in [-0.15, -0.1) is 0 Å². The maximum atomic E-state index is 9.69. The maximum Gasteiger partial charge on any atom is 0.133 e. The Bertz CT molecular complexity index is 308. The number of ether oxygens (including phenoxy) is 1. The summed E-state index contributed by atoms with van der Waals surface area (Å²) in [6.45, 7) is 4.06. The van der Waals surface area contributed by atoms with Crippen molar-refractivity contribution < 1.29 is 9.84 Å². The van der Waals surface area contributed by atoms with Gasteiger partial charge in [-0.3, -0.25) is 0 Å². The predicted octanol–water partition coefficient (Wildman–Crippen LogP) is 3.29. The van der Waals surface area contributed by atoms with Gasteiger partial charge in [0.25, 0.3) is 0 Å². The molecule has 0 unspecified atom stereocenters. The molecule has 0 saturated carbocycles. The van der Waals surface area contributed by atoms with Crippen LogP contribution in [0, 0.1) is 0 Å². The van der Waals surface area contributed by atoms with Gasteiger partial charge >= 0.3 is 0 Å². The first-order chi connectivity index (χ1) is 6.06. The van der Waals surface area contributed by atoms with Crippen LogP contribution in [0.2, 0.25) is 0 Å². The third-order valence-corrected chi connectivity index (χ3v) is 2.53. The van der Waals surface area contributed by atoms with Crippen molar-refractivity contribution in [1.82, 2.24) is 0 Å². The largest absolute Gasteiger partial charge is 0.506 e. The van der Waals surface area contributed by atoms with Crippen LogP contribution in [0.3, 0.4) is 0 Å². The Kier molecular flexibility index (Phi) is 3.20. The molecule has 0 aromatic heterocycles. The summed E-state index contributed by atoms with van der Waals surface area (Å²) in [7, 11) is 1.61. The fourth-order valence-electron chi connectivity index (χ4n) is 1.15. The Balaban J connectivity index is 3.25. The summed E-state index contributed by atoms with van der Waals surface area (Å²) >= 11 is 3.28. The number of hydrogen-bond acceptors (Lipinski definition) is 2. The number of aromatic hydroxyl groups is 1. The summed E-state index contributed by atoms with van der Waals surface area (Å²) in [6, 6.07) is 3.60. The molecule has 0 aliphatic carbocycles. The van der Waals surface area contributed by atoms with Crippen LogP contribution in [-0.4, -0.2) is 12.2 Å². The summed E-state index contributed by atoms with van der Waals surface area (Å²) in [6.07, 6.45) is 0. The van der Waals surface area contributed by atoms with Gasteiger partial charge in [0.05, 0.1) is 11.6 Å². The molecular weight excluding hydrogens is 232 g/mol. The van der Waals surface area contributed by atoms with Crippen molar-refractivity contribution in [3.05, 3.63) is 22.2 Å². The molecule has 1 N–H and O–H groups in total. The van der Waals surface area contributed by atoms with E-state index in [4.69, 9.17) is 4.74 Å². The van der Waals surface area contributed by atoms with Gasteiger partial charge in [-0.05, 0) is 34.0 Å². The lowest BCUT2D eigenvalue weighted by Crippen LogP contribution is -1.91. The molecule has 0 aliphatic heterocycles. The average Bonchev–Trinajstić information content (AvgIpc) is 2.09. The number of benzene rings is 1. The van der Waals surface area contributed by atoms with Crippen LogP contribution in [0.5, 0.6) is 11.5 Å². The number of methoxy groups -OCH3 is 1. The molecule has 0 radical (unpaired) electrons. The fourth-order valence-corrected chi connectivity index (χ4v) is 1.61. The quantitative estimate of drug-likeness (QED) is 0.866. The number of phenolic OH excluding ortho intramolecular Hbond substituents is 1. The molecule has 0 spiro atoms. The molecule has 2 nitrogen and oxygen atoms in total. The van der Waals surface area contributed by atoms with Crippen LogP contribution in [0.25, 0.3) is 0 Å². The summed E-state index contributed by atoms with van der Waals surface area (Å²) in [4.78, 5) is 0. The minimum Gasteiger partial charge on any atom is -0.506 e. The summed E-state index contributed by atoms with van der Waals surface area (Å²) in [5, 5.41) is 9.69. The number of halogens is 1. The minimum absolute atomic E-state index is 0.284. The molecule has 0 bridgehead atoms. The van der Waals surface area contributed by atoms with Gasteiger partial charge in [0.2, 0.25) is 0 Å². The van der Waals surface area contributed by atoms with E-state index in [9.17, 15) is 5.11 Å². The molecule has 0 aliphatic rings. The Morgan fingerprint density at radius 2 is 2.00 bits per heavy atom. The monoisotopic (exact) mass is 244 g/mol. The van der Waals surface area contributed by atoms with Crippen LogP contribution in [0.4, 0.5) is 0 Å². The van der Waals surface area contributed by atoms with Crippen LogP contribution in [0.1, 0.15) is 25.3 Å². The molecule has 72 valence electrons. The third-order valence-electron chi connectivity index (χ3n) is 1.92. The van der Waals surface area contributed by atoms with Crippen LogP contribution in [-0.2, 0) is 0 Å². The number of phenols is 1. The zero-order chi connectivity index (χ0) is 10.0. The first-order valence-corrected chi connectivity index (χ1v) is 4.92. The molecular formula is C10H13BrO2. The molecule has 0 fully saturated rings. The van der Waals surface area contributed by atoms with E-state index in [0.717, 1.165) is 11.3 Å². The van der Waals surface area contributed by atoms with Crippen LogP contribution < -0.4 is 4.74 Å². The average molecular weight is 245 g/mol. The van der Waals surface area contributed by atoms with E-state index in [1.807, 2.05) is 19.9 Å². The lowest BCUT2D eigenvalue weighted by atomic mass is 10.0. The molecule has 0 atom stereocenters. The topological polar surface area (TPSA) is 29.5 Å². The Labute approximate surface area is 86.7 Å². The van der Waals surface area contributed by atoms with Gasteiger partial charge in [0.1, 0.15) is 11.5 Å². The Morgan fingerprint density at radius 3 is 2.46 bits per heavy atom. The van der Waals surface area contributed by atoms with E-state index in [-0.39, 0.29) is 5.92 Å². The first kappa shape index (κ1) is 10.4. The zero-order valence-corrected chi connectivity index (χ0v) is 9.55. The lowest BCUT2D eigenvalue weighted by molar-refractivity contribution is 0.409. The second-order valence-corrected chi connectivity index (χ2v) is 4.06. The maximum absolute atomic E-state index is 9.69. The molecule has 1 aromatic rings. The fraction of sp³-hybridized carbons (Fsp3) is 0.400. The normalized spacial score (nSPS) is 10.5. The van der Waals surface area contributed by atoms with Gasteiger partial charge < -0.3 is 9.84 Å². The SMILES string of the molecule is COc1cc(Br)c(O)c(C(C)C)c1. The van der Waals surface area contributed by atoms with E-state index < -0.39 is 0 Å². The van der Waals surface area contributed by atoms with Crippen molar-refractivity contribution in [2.24, 2.45) is 0 Å². The van der Waals surface area contributed by atoms with Gasteiger partial charge in [0, 0.05) is 5.56 Å². The summed E-state index contributed by atoms with van der Waals surface area (Å²) in [5.41, 5.74) is 0.895. The van der Waals surface area contributed by atoms with Gasteiger partial charge in [-0.2, -0.15) is 0 Å².